The van der Waals surface area contributed by atoms with E-state index in [1.807, 2.05) is 22.6 Å². The van der Waals surface area contributed by atoms with Gasteiger partial charge in [0.25, 0.3) is 0 Å². The minimum atomic E-state index is -4.29. The molecule has 0 atom stereocenters. The normalized spacial score (nSPS) is 11.6. The Morgan fingerprint density at radius 3 is 2.56 bits per heavy atom. The zero-order chi connectivity index (χ0) is 12.3. The second kappa shape index (κ2) is 5.39. The molecular weight excluding hydrogens is 352 g/mol. The third-order valence-corrected chi connectivity index (χ3v) is 3.46. The van der Waals surface area contributed by atoms with Gasteiger partial charge in [-0.25, -0.2) is 0 Å². The number of carbonyl (C=O) groups is 1. The number of rotatable bonds is 3. The Morgan fingerprint density at radius 1 is 1.44 bits per heavy atom. The molecule has 0 N–H and O–H groups in total. The first-order valence-electron chi connectivity index (χ1n) is 4.31. The Morgan fingerprint density at radius 2 is 2.06 bits per heavy atom. The van der Waals surface area contributed by atoms with Gasteiger partial charge >= 0.3 is 5.51 Å². The summed E-state index contributed by atoms with van der Waals surface area (Å²) in [5.41, 5.74) is -3.65. The van der Waals surface area contributed by atoms with Crippen LogP contribution in [0.3, 0.4) is 0 Å². The summed E-state index contributed by atoms with van der Waals surface area (Å²) in [4.78, 5) is 11.0. The maximum Gasteiger partial charge on any atom is 0.446 e. The Bertz CT molecular complexity index is 404. The Balaban J connectivity index is 2.93. The summed E-state index contributed by atoms with van der Waals surface area (Å²) in [6.45, 7) is 1.42. The molecule has 0 saturated carbocycles. The molecule has 1 rings (SSSR count). The van der Waals surface area contributed by atoms with Gasteiger partial charge in [0.1, 0.15) is 5.78 Å². The van der Waals surface area contributed by atoms with Crippen LogP contribution < -0.4 is 0 Å². The third kappa shape index (κ3) is 4.73. The van der Waals surface area contributed by atoms with Gasteiger partial charge in [0, 0.05) is 14.9 Å². The molecule has 0 heterocycles. The standard InChI is InChI=1S/C10H8F3IOS/c1-6(15)4-7-5-8(2-3-9(7)14)16-10(11,12)13/h2-3,5H,4H2,1H3. The van der Waals surface area contributed by atoms with Crippen molar-refractivity contribution < 1.29 is 18.0 Å². The van der Waals surface area contributed by atoms with Crippen molar-refractivity contribution >= 4 is 40.1 Å². The van der Waals surface area contributed by atoms with Crippen molar-refractivity contribution in [3.63, 3.8) is 0 Å². The first kappa shape index (κ1) is 13.8. The van der Waals surface area contributed by atoms with Crippen molar-refractivity contribution in [3.8, 4) is 0 Å². The van der Waals surface area contributed by atoms with E-state index in [9.17, 15) is 18.0 Å². The van der Waals surface area contributed by atoms with E-state index in [1.165, 1.54) is 19.1 Å². The van der Waals surface area contributed by atoms with E-state index in [1.54, 1.807) is 6.07 Å². The molecule has 0 unspecified atom stereocenters. The molecule has 0 radical (unpaired) electrons. The fourth-order valence-electron chi connectivity index (χ4n) is 1.15. The number of hydrogen-bond donors (Lipinski definition) is 0. The second-order valence-electron chi connectivity index (χ2n) is 3.18. The molecule has 1 aromatic rings. The van der Waals surface area contributed by atoms with Gasteiger partial charge in [0.15, 0.2) is 0 Å². The van der Waals surface area contributed by atoms with Crippen LogP contribution in [-0.4, -0.2) is 11.3 Å². The van der Waals surface area contributed by atoms with E-state index >= 15 is 0 Å². The highest BCUT2D eigenvalue weighted by Crippen LogP contribution is 2.37. The monoisotopic (exact) mass is 360 g/mol. The smallest absolute Gasteiger partial charge is 0.300 e. The lowest BCUT2D eigenvalue weighted by Gasteiger charge is -2.08. The minimum Gasteiger partial charge on any atom is -0.300 e. The number of hydrogen-bond acceptors (Lipinski definition) is 2. The van der Waals surface area contributed by atoms with Gasteiger partial charge in [0.2, 0.25) is 0 Å². The summed E-state index contributed by atoms with van der Waals surface area (Å²) < 4.78 is 37.2. The molecule has 0 aliphatic heterocycles. The van der Waals surface area contributed by atoms with E-state index in [4.69, 9.17) is 0 Å². The van der Waals surface area contributed by atoms with Gasteiger partial charge in [-0.05, 0) is 65.0 Å². The zero-order valence-electron chi connectivity index (χ0n) is 8.27. The molecule has 0 aromatic heterocycles. The molecule has 16 heavy (non-hydrogen) atoms. The van der Waals surface area contributed by atoms with Crippen LogP contribution in [-0.2, 0) is 11.2 Å². The van der Waals surface area contributed by atoms with Crippen LogP contribution in [0.15, 0.2) is 23.1 Å². The van der Waals surface area contributed by atoms with Crippen LogP contribution in [0.5, 0.6) is 0 Å². The summed E-state index contributed by atoms with van der Waals surface area (Å²) in [5.74, 6) is -0.0629. The zero-order valence-corrected chi connectivity index (χ0v) is 11.2. The molecule has 1 nitrogen and oxygen atoms in total. The first-order valence-corrected chi connectivity index (χ1v) is 6.21. The number of benzene rings is 1. The van der Waals surface area contributed by atoms with Crippen molar-refractivity contribution in [2.24, 2.45) is 0 Å². The molecule has 0 bridgehead atoms. The van der Waals surface area contributed by atoms with Crippen molar-refractivity contribution in [2.45, 2.75) is 23.7 Å². The predicted molar refractivity (Wildman–Crippen MR) is 65.5 cm³/mol. The highest BCUT2D eigenvalue weighted by molar-refractivity contribution is 14.1. The van der Waals surface area contributed by atoms with Gasteiger partial charge in [-0.15, -0.1) is 0 Å². The van der Waals surface area contributed by atoms with Crippen LogP contribution in [0, 0.1) is 3.57 Å². The number of ketones is 1. The molecule has 1 aromatic carbocycles. The summed E-state index contributed by atoms with van der Waals surface area (Å²) in [6.07, 6.45) is 0.171. The van der Waals surface area contributed by atoms with E-state index < -0.39 is 5.51 Å². The van der Waals surface area contributed by atoms with E-state index in [0.717, 1.165) is 3.57 Å². The van der Waals surface area contributed by atoms with Crippen molar-refractivity contribution in [2.75, 3.05) is 0 Å². The Kier molecular flexibility index (Phi) is 4.66. The maximum atomic E-state index is 12.1. The van der Waals surface area contributed by atoms with Crippen LogP contribution in [0.25, 0.3) is 0 Å². The number of Topliss-reactive ketones (excluding diaryl/α,β-unsaturated/α-hetero) is 1. The van der Waals surface area contributed by atoms with E-state index in [-0.39, 0.29) is 28.9 Å². The first-order chi connectivity index (χ1) is 7.28. The number of alkyl halides is 3. The van der Waals surface area contributed by atoms with Crippen LogP contribution in [0.2, 0.25) is 0 Å². The third-order valence-electron chi connectivity index (χ3n) is 1.69. The number of carbonyl (C=O) groups excluding carboxylic acids is 1. The van der Waals surface area contributed by atoms with Gasteiger partial charge in [0.05, 0.1) is 0 Å². The quantitative estimate of drug-likeness (QED) is 0.598. The highest BCUT2D eigenvalue weighted by Gasteiger charge is 2.29. The summed E-state index contributed by atoms with van der Waals surface area (Å²) in [6, 6.07) is 4.41. The molecule has 0 spiro atoms. The average molecular weight is 360 g/mol. The maximum absolute atomic E-state index is 12.1. The lowest BCUT2D eigenvalue weighted by Crippen LogP contribution is -2.02. The van der Waals surface area contributed by atoms with Crippen molar-refractivity contribution in [1.29, 1.82) is 0 Å². The molecule has 0 saturated heterocycles. The molecule has 0 aliphatic rings. The van der Waals surface area contributed by atoms with Crippen molar-refractivity contribution in [3.05, 3.63) is 27.3 Å². The largest absolute Gasteiger partial charge is 0.446 e. The summed E-state index contributed by atoms with van der Waals surface area (Å²) in [5, 5.41) is 0. The summed E-state index contributed by atoms with van der Waals surface area (Å²) in [7, 11) is 0. The molecular formula is C10H8F3IOS. The van der Waals surface area contributed by atoms with Crippen LogP contribution in [0.4, 0.5) is 13.2 Å². The van der Waals surface area contributed by atoms with Crippen LogP contribution >= 0.6 is 34.4 Å². The van der Waals surface area contributed by atoms with Crippen molar-refractivity contribution in [1.82, 2.24) is 0 Å². The lowest BCUT2D eigenvalue weighted by atomic mass is 10.1. The number of thioether (sulfide) groups is 1. The van der Waals surface area contributed by atoms with Gasteiger partial charge in [-0.1, -0.05) is 0 Å². The molecule has 6 heteroatoms. The van der Waals surface area contributed by atoms with Gasteiger partial charge in [-0.2, -0.15) is 13.2 Å². The van der Waals surface area contributed by atoms with E-state index in [2.05, 4.69) is 0 Å². The molecule has 0 fully saturated rings. The highest BCUT2D eigenvalue weighted by atomic mass is 127. The number of halogens is 4. The van der Waals surface area contributed by atoms with Gasteiger partial charge < -0.3 is 0 Å². The average Bonchev–Trinajstić information content (AvgIpc) is 2.07. The van der Waals surface area contributed by atoms with Gasteiger partial charge in [-0.3, -0.25) is 4.79 Å². The van der Waals surface area contributed by atoms with Crippen LogP contribution in [0.1, 0.15) is 12.5 Å². The minimum absolute atomic E-state index is 0.0629. The molecule has 0 aliphatic carbocycles. The SMILES string of the molecule is CC(=O)Cc1cc(SC(F)(F)F)ccc1I. The Labute approximate surface area is 109 Å². The topological polar surface area (TPSA) is 17.1 Å². The predicted octanol–water partition coefficient (Wildman–Crippen LogP) is 4.03. The fraction of sp³-hybridized carbons (Fsp3) is 0.300. The summed E-state index contributed by atoms with van der Waals surface area (Å²) >= 11 is 1.84. The Hall–Kier alpha value is -0.240. The van der Waals surface area contributed by atoms with E-state index in [0.29, 0.717) is 5.56 Å². The second-order valence-corrected chi connectivity index (χ2v) is 5.48. The molecule has 0 amide bonds. The molecule has 88 valence electrons. The lowest BCUT2D eigenvalue weighted by molar-refractivity contribution is -0.116. The fourth-order valence-corrected chi connectivity index (χ4v) is 2.28.